The van der Waals surface area contributed by atoms with E-state index in [1.165, 1.54) is 31.4 Å². The normalized spacial score (nSPS) is 14.5. The first-order chi connectivity index (χ1) is 14.7. The number of nitrogens with one attached hydrogen (secondary N) is 1. The average Bonchev–Trinajstić information content (AvgIpc) is 3.44. The van der Waals surface area contributed by atoms with Gasteiger partial charge in [0, 0.05) is 5.56 Å². The zero-order valence-corrected chi connectivity index (χ0v) is 17.4. The van der Waals surface area contributed by atoms with Crippen LogP contribution in [0.5, 0.6) is 5.75 Å². The van der Waals surface area contributed by atoms with E-state index in [-0.39, 0.29) is 10.6 Å². The van der Waals surface area contributed by atoms with Gasteiger partial charge in [0.1, 0.15) is 5.75 Å². The number of hydrogen-bond acceptors (Lipinski definition) is 4. The molecule has 2 aromatic carbocycles. The van der Waals surface area contributed by atoms with Gasteiger partial charge in [0.25, 0.3) is 10.0 Å². The van der Waals surface area contributed by atoms with Crippen LogP contribution in [0, 0.1) is 5.92 Å². The van der Waals surface area contributed by atoms with Gasteiger partial charge >= 0.3 is 6.18 Å². The van der Waals surface area contributed by atoms with Crippen molar-refractivity contribution in [1.82, 2.24) is 9.89 Å². The van der Waals surface area contributed by atoms with Crippen LogP contribution in [0.3, 0.4) is 0 Å². The van der Waals surface area contributed by atoms with E-state index in [4.69, 9.17) is 4.74 Å². The van der Waals surface area contributed by atoms with Crippen molar-refractivity contribution in [3.05, 3.63) is 65.9 Å². The Morgan fingerprint density at radius 3 is 2.45 bits per heavy atom. The highest BCUT2D eigenvalue weighted by Gasteiger charge is 2.36. The van der Waals surface area contributed by atoms with E-state index >= 15 is 0 Å². The number of alkyl halides is 3. The van der Waals surface area contributed by atoms with E-state index in [1.54, 1.807) is 24.3 Å². The minimum Gasteiger partial charge on any atom is -0.496 e. The standard InChI is InChI=1S/C21H20F3N3O3S/c1-30-19-10-9-15(12-16(19)11-14-7-8-14)18-13-20(21(22,23)24)25-27(18)26-31(28,29)17-5-3-2-4-6-17/h2-6,9-10,12-14,26H,7-8,11H2,1H3. The first kappa shape index (κ1) is 21.2. The molecule has 31 heavy (non-hydrogen) atoms. The van der Waals surface area contributed by atoms with E-state index in [1.807, 2.05) is 0 Å². The second kappa shape index (κ2) is 7.92. The average molecular weight is 451 g/mol. The molecule has 6 nitrogen and oxygen atoms in total. The van der Waals surface area contributed by atoms with E-state index in [0.717, 1.165) is 30.9 Å². The molecule has 0 atom stereocenters. The fourth-order valence-corrected chi connectivity index (χ4v) is 4.28. The molecule has 1 aromatic heterocycles. The minimum absolute atomic E-state index is 0.0217. The zero-order chi connectivity index (χ0) is 22.2. The molecular formula is C21H20F3N3O3S. The van der Waals surface area contributed by atoms with Crippen molar-refractivity contribution in [1.29, 1.82) is 0 Å². The van der Waals surface area contributed by atoms with Crippen molar-refractivity contribution in [2.24, 2.45) is 5.92 Å². The van der Waals surface area contributed by atoms with Crippen molar-refractivity contribution in [3.63, 3.8) is 0 Å². The molecule has 0 bridgehead atoms. The molecule has 1 heterocycles. The number of sulfonamides is 1. The fourth-order valence-electron chi connectivity index (χ4n) is 3.29. The molecule has 10 heteroatoms. The minimum atomic E-state index is -4.73. The van der Waals surface area contributed by atoms with Crippen LogP contribution < -0.4 is 9.57 Å². The quantitative estimate of drug-likeness (QED) is 0.576. The number of methoxy groups -OCH3 is 1. The largest absolute Gasteiger partial charge is 0.496 e. The van der Waals surface area contributed by atoms with Gasteiger partial charge in [-0.05, 0) is 67.1 Å². The lowest BCUT2D eigenvalue weighted by Crippen LogP contribution is -2.25. The molecule has 0 spiro atoms. The molecule has 1 saturated carbocycles. The summed E-state index contributed by atoms with van der Waals surface area (Å²) in [5, 5.41) is 3.48. The summed E-state index contributed by atoms with van der Waals surface area (Å²) in [4.78, 5) is 2.71. The van der Waals surface area contributed by atoms with Crippen molar-refractivity contribution < 1.29 is 26.3 Å². The van der Waals surface area contributed by atoms with Gasteiger partial charge in [-0.15, -0.1) is 5.10 Å². The molecule has 1 fully saturated rings. The highest BCUT2D eigenvalue weighted by Crippen LogP contribution is 2.38. The van der Waals surface area contributed by atoms with Gasteiger partial charge in [0.2, 0.25) is 0 Å². The molecule has 1 N–H and O–H groups in total. The van der Waals surface area contributed by atoms with Crippen molar-refractivity contribution >= 4 is 10.0 Å². The lowest BCUT2D eigenvalue weighted by atomic mass is 10.0. The number of aromatic nitrogens is 2. The second-order valence-corrected chi connectivity index (χ2v) is 9.07. The van der Waals surface area contributed by atoms with E-state index < -0.39 is 21.9 Å². The van der Waals surface area contributed by atoms with Crippen molar-refractivity contribution in [2.45, 2.75) is 30.3 Å². The lowest BCUT2D eigenvalue weighted by Gasteiger charge is -2.13. The number of ether oxygens (including phenoxy) is 1. The van der Waals surface area contributed by atoms with Crippen LogP contribution in [0.2, 0.25) is 0 Å². The molecule has 0 aliphatic heterocycles. The number of nitrogens with zero attached hydrogens (tertiary/aromatic N) is 2. The van der Waals surface area contributed by atoms with Crippen LogP contribution in [-0.4, -0.2) is 25.4 Å². The molecule has 1 aliphatic rings. The Morgan fingerprint density at radius 1 is 1.13 bits per heavy atom. The Bertz CT molecular complexity index is 1190. The third-order valence-corrected chi connectivity index (χ3v) is 6.35. The third-order valence-electron chi connectivity index (χ3n) is 5.04. The molecular weight excluding hydrogens is 431 g/mol. The van der Waals surface area contributed by atoms with Crippen LogP contribution in [-0.2, 0) is 22.6 Å². The van der Waals surface area contributed by atoms with Crippen molar-refractivity contribution in [3.8, 4) is 17.0 Å². The summed E-state index contributed by atoms with van der Waals surface area (Å²) in [6.45, 7) is 0. The van der Waals surface area contributed by atoms with E-state index in [2.05, 4.69) is 9.93 Å². The smallest absolute Gasteiger partial charge is 0.435 e. The maximum Gasteiger partial charge on any atom is 0.435 e. The summed E-state index contributed by atoms with van der Waals surface area (Å²) >= 11 is 0. The molecule has 3 aromatic rings. The maximum absolute atomic E-state index is 13.4. The summed E-state index contributed by atoms with van der Waals surface area (Å²) in [7, 11) is -2.62. The first-order valence-corrected chi connectivity index (χ1v) is 11.1. The Morgan fingerprint density at radius 2 is 1.84 bits per heavy atom. The molecule has 4 rings (SSSR count). The number of hydrogen-bond donors (Lipinski definition) is 1. The molecule has 0 unspecified atom stereocenters. The Hall–Kier alpha value is -3.01. The van der Waals surface area contributed by atoms with Gasteiger partial charge in [0.05, 0.1) is 17.7 Å². The van der Waals surface area contributed by atoms with Gasteiger partial charge in [-0.25, -0.2) is 0 Å². The Labute approximate surface area is 177 Å². The van der Waals surface area contributed by atoms with Crippen LogP contribution >= 0.6 is 0 Å². The zero-order valence-electron chi connectivity index (χ0n) is 16.6. The predicted octanol–water partition coefficient (Wildman–Crippen LogP) is 4.46. The van der Waals surface area contributed by atoms with Gasteiger partial charge in [-0.3, -0.25) is 0 Å². The maximum atomic E-state index is 13.4. The number of rotatable bonds is 7. The summed E-state index contributed by atoms with van der Waals surface area (Å²) in [5.74, 6) is 1.17. The lowest BCUT2D eigenvalue weighted by molar-refractivity contribution is -0.141. The number of benzene rings is 2. The highest BCUT2D eigenvalue weighted by molar-refractivity contribution is 7.92. The summed E-state index contributed by atoms with van der Waals surface area (Å²) in [6.07, 6.45) is -1.80. The van der Waals surface area contributed by atoms with Crippen molar-refractivity contribution in [2.75, 3.05) is 11.9 Å². The summed E-state index contributed by atoms with van der Waals surface area (Å²) in [5.41, 5.74) is 0.0364. The van der Waals surface area contributed by atoms with Crippen LogP contribution in [0.1, 0.15) is 24.1 Å². The van der Waals surface area contributed by atoms with E-state index in [9.17, 15) is 21.6 Å². The van der Waals surface area contributed by atoms with E-state index in [0.29, 0.717) is 22.0 Å². The Balaban J connectivity index is 1.78. The van der Waals surface area contributed by atoms with Crippen LogP contribution in [0.25, 0.3) is 11.3 Å². The highest BCUT2D eigenvalue weighted by atomic mass is 32.2. The topological polar surface area (TPSA) is 73.2 Å². The number of halogens is 3. The predicted molar refractivity (Wildman–Crippen MR) is 109 cm³/mol. The Kier molecular flexibility index (Phi) is 5.42. The molecule has 0 saturated heterocycles. The van der Waals surface area contributed by atoms with Gasteiger partial charge in [-0.1, -0.05) is 18.2 Å². The van der Waals surface area contributed by atoms with Gasteiger partial charge < -0.3 is 4.74 Å². The third kappa shape index (κ3) is 4.68. The fraction of sp³-hybridized carbons (Fsp3) is 0.286. The monoisotopic (exact) mass is 451 g/mol. The van der Waals surface area contributed by atoms with Gasteiger partial charge in [-0.2, -0.15) is 31.2 Å². The van der Waals surface area contributed by atoms with Crippen LogP contribution in [0.15, 0.2) is 59.5 Å². The SMILES string of the molecule is COc1ccc(-c2cc(C(F)(F)F)nn2NS(=O)(=O)c2ccccc2)cc1CC1CC1. The summed E-state index contributed by atoms with van der Waals surface area (Å²) in [6, 6.07) is 13.2. The van der Waals surface area contributed by atoms with Crippen LogP contribution in [0.4, 0.5) is 13.2 Å². The molecule has 164 valence electrons. The molecule has 0 amide bonds. The molecule has 1 aliphatic carbocycles. The van der Waals surface area contributed by atoms with Gasteiger partial charge in [0.15, 0.2) is 5.69 Å². The second-order valence-electron chi connectivity index (χ2n) is 7.41. The molecule has 0 radical (unpaired) electrons. The first-order valence-electron chi connectivity index (χ1n) is 9.60. The summed E-state index contributed by atoms with van der Waals surface area (Å²) < 4.78 is 70.8.